The standard InChI is InChI=1S/C11H18N4O.C4H10N2O.ClH/c1-8(16)15-5-4-14-7-9-6-10(12)2-3-11(9)13;1-4(7)6-3-2-5;/h2-3,6,14H,4-5,7,12-13H2,1H3,(H,15,16);2-3,5H2,1H3,(H,6,7);1H. The third kappa shape index (κ3) is 13.6. The van der Waals surface area contributed by atoms with E-state index in [-0.39, 0.29) is 24.2 Å². The monoisotopic (exact) mass is 360 g/mol. The zero-order valence-electron chi connectivity index (χ0n) is 14.2. The fraction of sp³-hybridized carbons (Fsp3) is 0.467. The van der Waals surface area contributed by atoms with Gasteiger partial charge < -0.3 is 33.2 Å². The molecule has 0 aliphatic carbocycles. The Morgan fingerprint density at radius 1 is 1.00 bits per heavy atom. The van der Waals surface area contributed by atoms with Crippen LogP contribution in [0.15, 0.2) is 18.2 Å². The third-order valence-electron chi connectivity index (χ3n) is 2.68. The molecule has 138 valence electrons. The predicted molar refractivity (Wildman–Crippen MR) is 101 cm³/mol. The lowest BCUT2D eigenvalue weighted by Crippen LogP contribution is -2.30. The number of benzene rings is 1. The summed E-state index contributed by atoms with van der Waals surface area (Å²) in [6.45, 7) is 6.02. The lowest BCUT2D eigenvalue weighted by atomic mass is 10.1. The van der Waals surface area contributed by atoms with Gasteiger partial charge in [-0.2, -0.15) is 0 Å². The number of nitrogen functional groups attached to an aromatic ring is 2. The van der Waals surface area contributed by atoms with Crippen LogP contribution >= 0.6 is 12.4 Å². The molecular weight excluding hydrogens is 332 g/mol. The highest BCUT2D eigenvalue weighted by molar-refractivity contribution is 5.85. The van der Waals surface area contributed by atoms with Crippen LogP contribution in [0.3, 0.4) is 0 Å². The summed E-state index contributed by atoms with van der Waals surface area (Å²) < 4.78 is 0. The van der Waals surface area contributed by atoms with E-state index in [1.54, 1.807) is 12.1 Å². The minimum atomic E-state index is -0.0229. The van der Waals surface area contributed by atoms with Gasteiger partial charge in [0.15, 0.2) is 0 Å². The summed E-state index contributed by atoms with van der Waals surface area (Å²) in [7, 11) is 0. The number of carbonyl (C=O) groups is 2. The summed E-state index contributed by atoms with van der Waals surface area (Å²) in [6, 6.07) is 5.41. The van der Waals surface area contributed by atoms with Crippen LogP contribution in [0, 0.1) is 0 Å². The van der Waals surface area contributed by atoms with Crippen molar-refractivity contribution in [3.05, 3.63) is 23.8 Å². The first-order chi connectivity index (χ1) is 10.9. The van der Waals surface area contributed by atoms with Crippen LogP contribution in [0.2, 0.25) is 0 Å². The van der Waals surface area contributed by atoms with Crippen LogP contribution < -0.4 is 33.2 Å². The second-order valence-corrected chi connectivity index (χ2v) is 4.89. The quantitative estimate of drug-likeness (QED) is 0.287. The Labute approximate surface area is 149 Å². The van der Waals surface area contributed by atoms with E-state index in [1.165, 1.54) is 13.8 Å². The molecule has 0 heterocycles. The van der Waals surface area contributed by atoms with E-state index in [0.29, 0.717) is 38.4 Å². The SMILES string of the molecule is CC(=O)NCCN.CC(=O)NCCNCc1cc(N)ccc1N.Cl. The maximum Gasteiger partial charge on any atom is 0.216 e. The summed E-state index contributed by atoms with van der Waals surface area (Å²) in [5.74, 6) is -0.0456. The Kier molecular flexibility index (Phi) is 14.7. The van der Waals surface area contributed by atoms with Crippen molar-refractivity contribution in [2.75, 3.05) is 37.6 Å². The summed E-state index contributed by atoms with van der Waals surface area (Å²) in [5, 5.41) is 8.41. The number of rotatable bonds is 7. The van der Waals surface area contributed by atoms with E-state index in [2.05, 4.69) is 16.0 Å². The number of carbonyl (C=O) groups excluding carboxylic acids is 2. The minimum Gasteiger partial charge on any atom is -0.399 e. The van der Waals surface area contributed by atoms with Crippen LogP contribution in [0.5, 0.6) is 0 Å². The maximum absolute atomic E-state index is 10.6. The Balaban J connectivity index is 0. The highest BCUT2D eigenvalue weighted by Gasteiger charge is 1.99. The lowest BCUT2D eigenvalue weighted by Gasteiger charge is -2.08. The molecule has 2 amide bonds. The van der Waals surface area contributed by atoms with Crippen LogP contribution in [-0.4, -0.2) is 38.0 Å². The molecule has 0 aromatic heterocycles. The summed E-state index contributed by atoms with van der Waals surface area (Å²) >= 11 is 0. The maximum atomic E-state index is 10.6. The van der Waals surface area contributed by atoms with E-state index >= 15 is 0 Å². The smallest absolute Gasteiger partial charge is 0.216 e. The molecule has 8 nitrogen and oxygen atoms in total. The molecular formula is C15H29ClN6O2. The largest absolute Gasteiger partial charge is 0.399 e. The van der Waals surface area contributed by atoms with Gasteiger partial charge in [-0.1, -0.05) is 0 Å². The van der Waals surface area contributed by atoms with E-state index in [1.807, 2.05) is 6.07 Å². The van der Waals surface area contributed by atoms with Crippen LogP contribution in [-0.2, 0) is 16.1 Å². The Morgan fingerprint density at radius 3 is 2.08 bits per heavy atom. The highest BCUT2D eigenvalue weighted by Crippen LogP contribution is 2.14. The van der Waals surface area contributed by atoms with Gasteiger partial charge in [0.05, 0.1) is 0 Å². The molecule has 9 heteroatoms. The van der Waals surface area contributed by atoms with Gasteiger partial charge in [-0.25, -0.2) is 0 Å². The average Bonchev–Trinajstić information content (AvgIpc) is 2.48. The normalized spacial score (nSPS) is 9.12. The molecule has 0 unspecified atom stereocenters. The van der Waals surface area contributed by atoms with E-state index in [0.717, 1.165) is 11.3 Å². The van der Waals surface area contributed by atoms with E-state index in [4.69, 9.17) is 17.2 Å². The topological polar surface area (TPSA) is 148 Å². The molecule has 0 fully saturated rings. The van der Waals surface area contributed by atoms with Gasteiger partial charge in [0, 0.05) is 57.9 Å². The minimum absolute atomic E-state index is 0. The first-order valence-electron chi connectivity index (χ1n) is 7.40. The number of nitrogens with one attached hydrogen (secondary N) is 3. The Hall–Kier alpha value is -2.03. The molecule has 9 N–H and O–H groups in total. The zero-order chi connectivity index (χ0) is 17.7. The van der Waals surface area contributed by atoms with Gasteiger partial charge in [-0.15, -0.1) is 12.4 Å². The third-order valence-corrected chi connectivity index (χ3v) is 2.68. The van der Waals surface area contributed by atoms with Gasteiger partial charge in [-0.05, 0) is 23.8 Å². The number of halogens is 1. The highest BCUT2D eigenvalue weighted by atomic mass is 35.5. The molecule has 24 heavy (non-hydrogen) atoms. The predicted octanol–water partition coefficient (Wildman–Crippen LogP) is -0.420. The fourth-order valence-corrected chi connectivity index (χ4v) is 1.58. The zero-order valence-corrected chi connectivity index (χ0v) is 15.0. The second-order valence-electron chi connectivity index (χ2n) is 4.89. The van der Waals surface area contributed by atoms with Gasteiger partial charge in [-0.3, -0.25) is 9.59 Å². The van der Waals surface area contributed by atoms with Crippen LogP contribution in [0.1, 0.15) is 19.4 Å². The molecule has 0 bridgehead atoms. The van der Waals surface area contributed by atoms with E-state index < -0.39 is 0 Å². The second kappa shape index (κ2) is 14.6. The molecule has 0 aliphatic rings. The molecule has 1 aromatic rings. The molecule has 1 aromatic carbocycles. The van der Waals surface area contributed by atoms with Crippen molar-refractivity contribution >= 4 is 35.6 Å². The number of hydrogen-bond acceptors (Lipinski definition) is 6. The molecule has 0 saturated carbocycles. The first-order valence-corrected chi connectivity index (χ1v) is 7.40. The number of nitrogens with two attached hydrogens (primary N) is 3. The molecule has 0 radical (unpaired) electrons. The van der Waals surface area contributed by atoms with Crippen molar-refractivity contribution in [2.45, 2.75) is 20.4 Å². The van der Waals surface area contributed by atoms with E-state index in [9.17, 15) is 9.59 Å². The fourth-order valence-electron chi connectivity index (χ4n) is 1.58. The number of amides is 2. The summed E-state index contributed by atoms with van der Waals surface area (Å²) in [4.78, 5) is 20.6. The number of hydrogen-bond donors (Lipinski definition) is 6. The average molecular weight is 361 g/mol. The molecule has 1 rings (SSSR count). The molecule has 0 saturated heterocycles. The van der Waals surface area contributed by atoms with Gasteiger partial charge in [0.1, 0.15) is 0 Å². The van der Waals surface area contributed by atoms with Crippen molar-refractivity contribution in [3.63, 3.8) is 0 Å². The summed E-state index contributed by atoms with van der Waals surface area (Å²) in [6.07, 6.45) is 0. The van der Waals surface area contributed by atoms with Crippen molar-refractivity contribution in [1.82, 2.24) is 16.0 Å². The van der Waals surface area contributed by atoms with Crippen molar-refractivity contribution < 1.29 is 9.59 Å². The van der Waals surface area contributed by atoms with Crippen LogP contribution in [0.4, 0.5) is 11.4 Å². The summed E-state index contributed by atoms with van der Waals surface area (Å²) in [5.41, 5.74) is 18.9. The Bertz CT molecular complexity index is 499. The lowest BCUT2D eigenvalue weighted by molar-refractivity contribution is -0.119. The van der Waals surface area contributed by atoms with Gasteiger partial charge >= 0.3 is 0 Å². The van der Waals surface area contributed by atoms with Crippen molar-refractivity contribution in [2.24, 2.45) is 5.73 Å². The molecule has 0 aliphatic heterocycles. The van der Waals surface area contributed by atoms with Gasteiger partial charge in [0.25, 0.3) is 0 Å². The molecule has 0 spiro atoms. The van der Waals surface area contributed by atoms with Gasteiger partial charge in [0.2, 0.25) is 11.8 Å². The first kappa shape index (κ1) is 24.2. The molecule has 0 atom stereocenters. The van der Waals surface area contributed by atoms with Crippen LogP contribution in [0.25, 0.3) is 0 Å². The Morgan fingerprint density at radius 2 is 1.58 bits per heavy atom. The number of anilines is 2. The van der Waals surface area contributed by atoms with Crippen molar-refractivity contribution in [1.29, 1.82) is 0 Å². The van der Waals surface area contributed by atoms with Crippen molar-refractivity contribution in [3.8, 4) is 0 Å².